The van der Waals surface area contributed by atoms with Crippen molar-refractivity contribution in [2.75, 3.05) is 19.8 Å². The van der Waals surface area contributed by atoms with E-state index in [4.69, 9.17) is 82.4 Å². The van der Waals surface area contributed by atoms with Gasteiger partial charge in [0.05, 0.1) is 68.5 Å². The quantitative estimate of drug-likeness (QED) is 0.0281. The van der Waals surface area contributed by atoms with Crippen molar-refractivity contribution < 1.29 is 85.6 Å². The summed E-state index contributed by atoms with van der Waals surface area (Å²) in [6.07, 6.45) is -3.14. The number of esters is 2. The van der Waals surface area contributed by atoms with Crippen LogP contribution in [0.25, 0.3) is 20.9 Å². The number of benzene rings is 2. The Kier molecular flexibility index (Phi) is 27.6. The lowest BCUT2D eigenvalue weighted by atomic mass is 9.85. The van der Waals surface area contributed by atoms with Crippen LogP contribution in [0, 0.1) is 41.9 Å². The molecule has 4 saturated heterocycles. The minimum absolute atomic E-state index is 0.0382. The standard InChI is InChI=1S/C52H72N6O14.2CO2/c1-11-12-19-24-61-51-42(55-57-53)30(3)45(40(68-51)27-62-36(9)59)71-50-33(6)47(65-26-39-22-17-14-18-23-39)48(35(8)67-50)72-52-43(56-58-54)31(4)46(41(69-52)28-63-37(10)60)70-49-32(5)44(29(2)34(7)66-49)64-25-38-20-15-13-16-21-38;2*2-1-3/h1,13-18,20-23,29-35,40-52H,12,19,24-28H2,2-10H3;;/t29-,30-,31-,32?,33?,34?,35?,40?,41?,42?,43?,44-,45+,46+,47+,48-,49+,50+,51?,52+;;/m1../s1. The first-order valence-corrected chi connectivity index (χ1v) is 25.8. The second kappa shape index (κ2) is 33.4. The fourth-order valence-electron chi connectivity index (χ4n) is 9.92. The lowest BCUT2D eigenvalue weighted by Crippen LogP contribution is -2.63. The third kappa shape index (κ3) is 18.5. The van der Waals surface area contributed by atoms with E-state index in [0.717, 1.165) is 11.1 Å². The number of unbranched alkanes of at least 4 members (excludes halogenated alkanes) is 1. The van der Waals surface area contributed by atoms with Crippen molar-refractivity contribution in [3.05, 3.63) is 92.7 Å². The van der Waals surface area contributed by atoms with Gasteiger partial charge in [-0.05, 0) is 54.3 Å². The van der Waals surface area contributed by atoms with E-state index in [2.05, 4.69) is 32.9 Å². The monoisotopic (exact) mass is 1090 g/mol. The van der Waals surface area contributed by atoms with E-state index >= 15 is 0 Å². The summed E-state index contributed by atoms with van der Waals surface area (Å²) in [5.41, 5.74) is 21.6. The number of terminal acetylenes is 1. The molecule has 0 bridgehead atoms. The molecular formula is C54H72N6O18. The number of nitrogens with zero attached hydrogens (tertiary/aromatic N) is 6. The van der Waals surface area contributed by atoms with E-state index in [9.17, 15) is 20.7 Å². The molecule has 426 valence electrons. The summed E-state index contributed by atoms with van der Waals surface area (Å²) >= 11 is 0. The summed E-state index contributed by atoms with van der Waals surface area (Å²) in [5.74, 6) is -0.326. The fraction of sp³-hybridized carbons (Fsp3) is 0.667. The van der Waals surface area contributed by atoms with E-state index in [1.165, 1.54) is 13.8 Å². The summed E-state index contributed by atoms with van der Waals surface area (Å²) in [7, 11) is 0. The molecule has 24 nitrogen and oxygen atoms in total. The van der Waals surface area contributed by atoms with Gasteiger partial charge in [-0.1, -0.05) is 106 Å². The zero-order valence-corrected chi connectivity index (χ0v) is 45.4. The van der Waals surface area contributed by atoms with Gasteiger partial charge in [-0.25, -0.2) is 0 Å². The molecule has 0 aromatic heterocycles. The van der Waals surface area contributed by atoms with Gasteiger partial charge in [0, 0.05) is 47.8 Å². The molecule has 2 aromatic rings. The van der Waals surface area contributed by atoms with Gasteiger partial charge in [-0.15, -0.1) is 12.3 Å². The van der Waals surface area contributed by atoms with Gasteiger partial charge >= 0.3 is 24.2 Å². The molecule has 4 aliphatic heterocycles. The molecule has 9 unspecified atom stereocenters. The van der Waals surface area contributed by atoms with Gasteiger partial charge in [-0.2, -0.15) is 19.2 Å². The first kappa shape index (κ1) is 64.4. The Morgan fingerprint density at radius 3 is 1.44 bits per heavy atom. The zero-order chi connectivity index (χ0) is 57.3. The summed E-state index contributed by atoms with van der Waals surface area (Å²) in [6, 6.07) is 17.8. The Balaban J connectivity index is 0.00000209. The molecule has 2 aromatic carbocycles. The Morgan fingerprint density at radius 1 is 0.551 bits per heavy atom. The number of ether oxygens (including phenoxy) is 12. The highest BCUT2D eigenvalue weighted by molar-refractivity contribution is 5.66. The fourth-order valence-corrected chi connectivity index (χ4v) is 9.92. The van der Waals surface area contributed by atoms with Crippen LogP contribution in [0.5, 0.6) is 0 Å². The Bertz CT molecular complexity index is 2350. The molecule has 0 spiro atoms. The van der Waals surface area contributed by atoms with E-state index < -0.39 is 110 Å². The van der Waals surface area contributed by atoms with Gasteiger partial charge in [-0.3, -0.25) is 9.59 Å². The van der Waals surface area contributed by atoms with Gasteiger partial charge in [0.25, 0.3) is 0 Å². The van der Waals surface area contributed by atoms with Gasteiger partial charge < -0.3 is 56.8 Å². The minimum atomic E-state index is -1.20. The highest BCUT2D eigenvalue weighted by Gasteiger charge is 2.54. The molecule has 6 rings (SSSR count). The third-order valence-corrected chi connectivity index (χ3v) is 14.1. The van der Waals surface area contributed by atoms with Gasteiger partial charge in [0.1, 0.15) is 31.5 Å². The average Bonchev–Trinajstić information content (AvgIpc) is 3.47. The van der Waals surface area contributed by atoms with Crippen LogP contribution < -0.4 is 0 Å². The molecule has 4 fully saturated rings. The second-order valence-electron chi connectivity index (χ2n) is 19.5. The molecule has 20 atom stereocenters. The Morgan fingerprint density at radius 2 is 0.974 bits per heavy atom. The zero-order valence-electron chi connectivity index (χ0n) is 45.4. The molecule has 4 heterocycles. The maximum Gasteiger partial charge on any atom is 0.373 e. The number of azide groups is 2. The van der Waals surface area contributed by atoms with Crippen molar-refractivity contribution in [3.8, 4) is 12.3 Å². The molecule has 0 amide bonds. The van der Waals surface area contributed by atoms with E-state index in [-0.39, 0.29) is 62.8 Å². The summed E-state index contributed by atoms with van der Waals surface area (Å²) in [5, 5.41) is 8.29. The largest absolute Gasteiger partial charge is 0.463 e. The number of carbonyl (C=O) groups is 2. The van der Waals surface area contributed by atoms with Crippen molar-refractivity contribution >= 4 is 24.2 Å². The SMILES string of the molecule is C#CCCCOC1OC(COC(C)=O)[C@@H](O[C@@H]2OC(C)[C@@H](O[C@@H]3OC(COC(C)=O)[C@@H](O[C@@H]4OC(C)[C@@H](C)[C@@H](OCc5ccccc5)C4C)[C@H](C)C3N=[N+]=[N-])[C@@H](OCc3ccccc3)C2C)[C@H](C)C1N=[N+]=[N-].O=C=O.O=C=O. The molecular weight excluding hydrogens is 1020 g/mol. The first-order chi connectivity index (χ1) is 37.5. The molecule has 78 heavy (non-hydrogen) atoms. The highest BCUT2D eigenvalue weighted by atomic mass is 16.8. The number of rotatable bonds is 22. The second-order valence-corrected chi connectivity index (χ2v) is 19.5. The van der Waals surface area contributed by atoms with Crippen LogP contribution in [-0.2, 0) is 98.8 Å². The number of carbonyl (C=O) groups excluding carboxylic acids is 6. The Hall–Kier alpha value is -6.08. The smallest absolute Gasteiger partial charge is 0.373 e. The molecule has 4 aliphatic rings. The Labute approximate surface area is 453 Å². The third-order valence-electron chi connectivity index (χ3n) is 14.1. The molecule has 0 N–H and O–H groups in total. The predicted octanol–water partition coefficient (Wildman–Crippen LogP) is 7.18. The summed E-state index contributed by atoms with van der Waals surface area (Å²) in [4.78, 5) is 63.3. The van der Waals surface area contributed by atoms with Crippen molar-refractivity contribution in [3.63, 3.8) is 0 Å². The van der Waals surface area contributed by atoms with E-state index in [0.29, 0.717) is 19.4 Å². The number of hydrogen-bond acceptors (Lipinski definition) is 20. The van der Waals surface area contributed by atoms with Crippen LogP contribution in [0.4, 0.5) is 0 Å². The molecule has 0 saturated carbocycles. The van der Waals surface area contributed by atoms with Crippen LogP contribution in [0.2, 0.25) is 0 Å². The van der Waals surface area contributed by atoms with Crippen molar-refractivity contribution in [1.82, 2.24) is 0 Å². The van der Waals surface area contributed by atoms with Gasteiger partial charge in [0.15, 0.2) is 25.2 Å². The van der Waals surface area contributed by atoms with Crippen LogP contribution in [-0.4, -0.2) is 136 Å². The van der Waals surface area contributed by atoms with E-state index in [1.54, 1.807) is 0 Å². The predicted molar refractivity (Wildman–Crippen MR) is 270 cm³/mol. The van der Waals surface area contributed by atoms with Crippen molar-refractivity contribution in [2.24, 2.45) is 39.8 Å². The lowest BCUT2D eigenvalue weighted by Gasteiger charge is -2.51. The molecule has 24 heteroatoms. The van der Waals surface area contributed by atoms with Crippen LogP contribution >= 0.6 is 0 Å². The summed E-state index contributed by atoms with van der Waals surface area (Å²) < 4.78 is 77.3. The van der Waals surface area contributed by atoms with E-state index in [1.807, 2.05) is 102 Å². The highest BCUT2D eigenvalue weighted by Crippen LogP contribution is 2.42. The van der Waals surface area contributed by atoms with Crippen LogP contribution in [0.1, 0.15) is 86.3 Å². The van der Waals surface area contributed by atoms with Gasteiger partial charge in [0.2, 0.25) is 0 Å². The van der Waals surface area contributed by atoms with Crippen LogP contribution in [0.3, 0.4) is 0 Å². The number of hydrogen-bond donors (Lipinski definition) is 0. The minimum Gasteiger partial charge on any atom is -0.463 e. The summed E-state index contributed by atoms with van der Waals surface area (Å²) in [6.45, 7) is 16.6. The molecule has 0 radical (unpaired) electrons. The first-order valence-electron chi connectivity index (χ1n) is 25.8. The maximum absolute atomic E-state index is 12.3. The van der Waals surface area contributed by atoms with Crippen molar-refractivity contribution in [2.45, 2.75) is 181 Å². The topological polar surface area (TPSA) is 311 Å². The normalized spacial score (nSPS) is 34.1. The van der Waals surface area contributed by atoms with Crippen molar-refractivity contribution in [1.29, 1.82) is 0 Å². The van der Waals surface area contributed by atoms with Crippen LogP contribution in [0.15, 0.2) is 70.9 Å². The average molecular weight is 1090 g/mol. The maximum atomic E-state index is 12.3. The lowest BCUT2D eigenvalue weighted by molar-refractivity contribution is -0.361. The molecule has 0 aliphatic carbocycles.